The monoisotopic (exact) mass is 642 g/mol. The third kappa shape index (κ3) is 8.63. The van der Waals surface area contributed by atoms with Gasteiger partial charge in [0.1, 0.15) is 5.52 Å². The van der Waals surface area contributed by atoms with E-state index < -0.39 is 10.0 Å². The van der Waals surface area contributed by atoms with Crippen LogP contribution in [-0.2, 0) is 14.8 Å². The van der Waals surface area contributed by atoms with Crippen molar-refractivity contribution >= 4 is 66.6 Å². The Hall–Kier alpha value is -1.79. The summed E-state index contributed by atoms with van der Waals surface area (Å²) >= 11 is 7.82. The molecular formula is C29H40Cl2N4O4S2. The number of unbranched alkanes of at least 4 members (excludes halogenated alkanes) is 2. The Morgan fingerprint density at radius 3 is 2.27 bits per heavy atom. The maximum atomic E-state index is 13.8. The molecule has 3 aromatic rings. The fourth-order valence-corrected chi connectivity index (χ4v) is 7.48. The van der Waals surface area contributed by atoms with Gasteiger partial charge in [0.15, 0.2) is 5.13 Å². The van der Waals surface area contributed by atoms with Crippen molar-refractivity contribution < 1.29 is 17.9 Å². The number of fused-ring (bicyclic) bond motifs is 1. The zero-order valence-corrected chi connectivity index (χ0v) is 27.0. The Morgan fingerprint density at radius 1 is 1.00 bits per heavy atom. The average molecular weight is 644 g/mol. The minimum Gasteiger partial charge on any atom is -0.379 e. The number of carbonyl (C=O) groups excluding carboxylic acids is 1. The van der Waals surface area contributed by atoms with E-state index >= 15 is 0 Å². The Balaban J connectivity index is 0.00000462. The van der Waals surface area contributed by atoms with Crippen LogP contribution in [0.3, 0.4) is 0 Å². The number of anilines is 1. The van der Waals surface area contributed by atoms with Crippen molar-refractivity contribution in [1.82, 2.24) is 14.2 Å². The van der Waals surface area contributed by atoms with E-state index in [9.17, 15) is 13.2 Å². The second kappa shape index (κ2) is 16.2. The molecule has 0 N–H and O–H groups in total. The highest BCUT2D eigenvalue weighted by Crippen LogP contribution is 2.33. The molecule has 8 nitrogen and oxygen atoms in total. The SMILES string of the molecule is CCCCN(CCCC)S(=O)(=O)c1ccc(C(=O)N(CCCN2CCOCC2)c2nc3c(Cl)cccc3s2)cc1.Cl. The number of amides is 1. The van der Waals surface area contributed by atoms with Gasteiger partial charge in [-0.2, -0.15) is 4.31 Å². The van der Waals surface area contributed by atoms with Crippen molar-refractivity contribution in [3.05, 3.63) is 53.1 Å². The summed E-state index contributed by atoms with van der Waals surface area (Å²) in [7, 11) is -3.64. The van der Waals surface area contributed by atoms with E-state index in [0.717, 1.165) is 69.7 Å². The fourth-order valence-electron chi connectivity index (χ4n) is 4.68. The summed E-state index contributed by atoms with van der Waals surface area (Å²) in [6, 6.07) is 11.9. The molecule has 1 fully saturated rings. The lowest BCUT2D eigenvalue weighted by Crippen LogP contribution is -2.39. The number of thiazole rings is 1. The standard InChI is InChI=1S/C29H39ClN4O4S2.ClH/c1-3-5-16-33(17-6-4-2)40(36,37)24-13-11-23(12-14-24)28(35)34(18-8-15-32-19-21-38-22-20-32)29-31-27-25(30)9-7-10-26(27)39-29;/h7,9-14H,3-6,8,15-22H2,1-2H3;1H. The predicted molar refractivity (Wildman–Crippen MR) is 170 cm³/mol. The lowest BCUT2D eigenvalue weighted by molar-refractivity contribution is 0.0376. The van der Waals surface area contributed by atoms with Gasteiger partial charge >= 0.3 is 0 Å². The minimum atomic E-state index is -3.64. The number of hydrogen-bond donors (Lipinski definition) is 0. The summed E-state index contributed by atoms with van der Waals surface area (Å²) < 4.78 is 34.7. The lowest BCUT2D eigenvalue weighted by Gasteiger charge is -2.27. The summed E-state index contributed by atoms with van der Waals surface area (Å²) in [5.74, 6) is -0.213. The molecule has 0 radical (unpaired) electrons. The molecule has 0 bridgehead atoms. The van der Waals surface area contributed by atoms with Crippen molar-refractivity contribution in [2.75, 3.05) is 57.4 Å². The summed E-state index contributed by atoms with van der Waals surface area (Å²) in [4.78, 5) is 22.8. The summed E-state index contributed by atoms with van der Waals surface area (Å²) in [5.41, 5.74) is 1.10. The highest BCUT2D eigenvalue weighted by atomic mass is 35.5. The summed E-state index contributed by atoms with van der Waals surface area (Å²) in [6.45, 7) is 9.64. The first kappa shape index (κ1) is 33.7. The molecule has 1 aromatic heterocycles. The van der Waals surface area contributed by atoms with E-state index in [2.05, 4.69) is 18.7 Å². The molecule has 4 rings (SSSR count). The van der Waals surface area contributed by atoms with Crippen LogP contribution in [0.4, 0.5) is 5.13 Å². The first-order chi connectivity index (χ1) is 19.3. The van der Waals surface area contributed by atoms with Crippen LogP contribution in [0.25, 0.3) is 10.2 Å². The average Bonchev–Trinajstić information content (AvgIpc) is 3.41. The highest BCUT2D eigenvalue weighted by Gasteiger charge is 2.26. The smallest absolute Gasteiger partial charge is 0.260 e. The Morgan fingerprint density at radius 2 is 1.66 bits per heavy atom. The summed E-state index contributed by atoms with van der Waals surface area (Å²) in [6.07, 6.45) is 4.23. The number of ether oxygens (including phenoxy) is 1. The van der Waals surface area contributed by atoms with Crippen molar-refractivity contribution in [1.29, 1.82) is 0 Å². The van der Waals surface area contributed by atoms with E-state index in [0.29, 0.717) is 40.9 Å². The molecule has 0 aliphatic carbocycles. The number of aromatic nitrogens is 1. The molecule has 2 aromatic carbocycles. The van der Waals surface area contributed by atoms with Crippen molar-refractivity contribution in [2.24, 2.45) is 0 Å². The number of para-hydroxylation sites is 1. The number of hydrogen-bond acceptors (Lipinski definition) is 7. The van der Waals surface area contributed by atoms with Gasteiger partial charge in [0.2, 0.25) is 10.0 Å². The number of benzene rings is 2. The van der Waals surface area contributed by atoms with Crippen LogP contribution in [-0.4, -0.2) is 81.0 Å². The Kier molecular flexibility index (Phi) is 13.3. The molecule has 0 spiro atoms. The molecule has 1 aliphatic heterocycles. The molecule has 1 aliphatic rings. The quantitative estimate of drug-likeness (QED) is 0.204. The first-order valence-electron chi connectivity index (χ1n) is 14.1. The molecule has 2 heterocycles. The fraction of sp³-hybridized carbons (Fsp3) is 0.517. The Bertz CT molecular complexity index is 1350. The molecule has 0 unspecified atom stereocenters. The molecule has 0 saturated carbocycles. The number of sulfonamides is 1. The molecule has 41 heavy (non-hydrogen) atoms. The van der Waals surface area contributed by atoms with Gasteiger partial charge in [-0.15, -0.1) is 12.4 Å². The van der Waals surface area contributed by atoms with E-state index in [4.69, 9.17) is 21.3 Å². The predicted octanol–water partition coefficient (Wildman–Crippen LogP) is 6.33. The van der Waals surface area contributed by atoms with Crippen molar-refractivity contribution in [2.45, 2.75) is 50.8 Å². The largest absolute Gasteiger partial charge is 0.379 e. The van der Waals surface area contributed by atoms with Gasteiger partial charge in [-0.3, -0.25) is 14.6 Å². The van der Waals surface area contributed by atoms with Crippen LogP contribution in [0.1, 0.15) is 56.3 Å². The van der Waals surface area contributed by atoms with Gasteiger partial charge in [0.25, 0.3) is 5.91 Å². The molecule has 1 amide bonds. The van der Waals surface area contributed by atoms with Crippen LogP contribution >= 0.6 is 35.3 Å². The third-order valence-corrected chi connectivity index (χ3v) is 10.3. The molecule has 12 heteroatoms. The van der Waals surface area contributed by atoms with Crippen molar-refractivity contribution in [3.8, 4) is 0 Å². The van der Waals surface area contributed by atoms with Crippen molar-refractivity contribution in [3.63, 3.8) is 0 Å². The van der Waals surface area contributed by atoms with Crippen LogP contribution in [0.15, 0.2) is 47.4 Å². The molecule has 226 valence electrons. The van der Waals surface area contributed by atoms with Gasteiger partial charge < -0.3 is 4.74 Å². The van der Waals surface area contributed by atoms with Gasteiger partial charge in [0.05, 0.1) is 27.8 Å². The van der Waals surface area contributed by atoms with Crippen LogP contribution < -0.4 is 4.90 Å². The minimum absolute atomic E-state index is 0. The molecule has 0 atom stereocenters. The van der Waals surface area contributed by atoms with Gasteiger partial charge in [-0.25, -0.2) is 13.4 Å². The zero-order chi connectivity index (χ0) is 28.5. The number of rotatable bonds is 14. The highest BCUT2D eigenvalue weighted by molar-refractivity contribution is 7.89. The number of carbonyl (C=O) groups is 1. The topological polar surface area (TPSA) is 83.1 Å². The second-order valence-electron chi connectivity index (χ2n) is 9.98. The lowest BCUT2D eigenvalue weighted by atomic mass is 10.2. The van der Waals surface area contributed by atoms with Gasteiger partial charge in [-0.05, 0) is 55.7 Å². The third-order valence-electron chi connectivity index (χ3n) is 7.06. The first-order valence-corrected chi connectivity index (χ1v) is 16.8. The zero-order valence-electron chi connectivity index (χ0n) is 23.8. The van der Waals surface area contributed by atoms with Gasteiger partial charge in [0, 0.05) is 44.8 Å². The van der Waals surface area contributed by atoms with E-state index in [1.807, 2.05) is 12.1 Å². The second-order valence-corrected chi connectivity index (χ2v) is 13.3. The van der Waals surface area contributed by atoms with Gasteiger partial charge in [-0.1, -0.05) is 55.7 Å². The van der Waals surface area contributed by atoms with E-state index in [-0.39, 0.29) is 23.2 Å². The normalized spacial score (nSPS) is 14.3. The van der Waals surface area contributed by atoms with Crippen LogP contribution in [0, 0.1) is 0 Å². The van der Waals surface area contributed by atoms with E-state index in [1.165, 1.54) is 11.3 Å². The van der Waals surface area contributed by atoms with Crippen LogP contribution in [0.2, 0.25) is 5.02 Å². The number of nitrogens with zero attached hydrogens (tertiary/aromatic N) is 4. The molecule has 1 saturated heterocycles. The summed E-state index contributed by atoms with van der Waals surface area (Å²) in [5, 5.41) is 1.13. The number of morpholine rings is 1. The maximum Gasteiger partial charge on any atom is 0.260 e. The molecular weight excluding hydrogens is 603 g/mol. The van der Waals surface area contributed by atoms with E-state index in [1.54, 1.807) is 39.5 Å². The number of halogens is 2. The van der Waals surface area contributed by atoms with Crippen LogP contribution in [0.5, 0.6) is 0 Å². The Labute approximate surface area is 259 Å². The maximum absolute atomic E-state index is 13.8.